The van der Waals surface area contributed by atoms with Crippen molar-refractivity contribution in [2.24, 2.45) is 11.1 Å². The second kappa shape index (κ2) is 10.8. The van der Waals surface area contributed by atoms with Gasteiger partial charge in [0.05, 0.1) is 30.2 Å². The number of aliphatic hydroxyl groups is 1. The zero-order chi connectivity index (χ0) is 27.7. The van der Waals surface area contributed by atoms with Crippen molar-refractivity contribution in [3.05, 3.63) is 89.0 Å². The normalized spacial score (nSPS) is 26.2. The third-order valence-corrected chi connectivity index (χ3v) is 9.56. The van der Waals surface area contributed by atoms with Gasteiger partial charge in [0, 0.05) is 42.7 Å². The third-order valence-electron chi connectivity index (χ3n) is 9.56. The molecule has 1 spiro atoms. The molecule has 3 heterocycles. The SMILES string of the molecule is N[C@@H]1CCN(C(=O)N2CC[C@@](O)(Cn3cnc(-c4ccccc4)cc3=O)C3(CCCC3)C2)[C@H](c2ccccc2)C1. The minimum atomic E-state index is -1.09. The van der Waals surface area contributed by atoms with Crippen LogP contribution >= 0.6 is 0 Å². The van der Waals surface area contributed by atoms with E-state index in [0.717, 1.165) is 49.7 Å². The summed E-state index contributed by atoms with van der Waals surface area (Å²) in [5.41, 5.74) is 7.24. The lowest BCUT2D eigenvalue weighted by atomic mass is 9.66. The van der Waals surface area contributed by atoms with E-state index in [9.17, 15) is 14.7 Å². The summed E-state index contributed by atoms with van der Waals surface area (Å²) < 4.78 is 1.54. The molecule has 2 aromatic carbocycles. The molecule has 2 saturated heterocycles. The van der Waals surface area contributed by atoms with Crippen molar-refractivity contribution in [2.75, 3.05) is 19.6 Å². The molecule has 0 bridgehead atoms. The Morgan fingerprint density at radius 1 is 1.00 bits per heavy atom. The second-order valence-electron chi connectivity index (χ2n) is 12.0. The second-order valence-corrected chi connectivity index (χ2v) is 12.0. The van der Waals surface area contributed by atoms with E-state index >= 15 is 0 Å². The highest BCUT2D eigenvalue weighted by atomic mass is 16.3. The molecule has 3 aliphatic rings. The summed E-state index contributed by atoms with van der Waals surface area (Å²) in [6.45, 7) is 1.76. The Balaban J connectivity index is 1.23. The minimum Gasteiger partial charge on any atom is -0.387 e. The number of benzene rings is 2. The van der Waals surface area contributed by atoms with Crippen molar-refractivity contribution < 1.29 is 9.90 Å². The largest absolute Gasteiger partial charge is 0.387 e. The van der Waals surface area contributed by atoms with Gasteiger partial charge in [0.15, 0.2) is 0 Å². The lowest BCUT2D eigenvalue weighted by Gasteiger charge is -2.53. The van der Waals surface area contributed by atoms with E-state index in [1.807, 2.05) is 58.3 Å². The van der Waals surface area contributed by atoms with Gasteiger partial charge in [0.2, 0.25) is 0 Å². The fourth-order valence-electron chi connectivity index (χ4n) is 7.25. The number of rotatable bonds is 4. The van der Waals surface area contributed by atoms with E-state index in [0.29, 0.717) is 31.7 Å². The monoisotopic (exact) mass is 541 g/mol. The Bertz CT molecular complexity index is 1390. The molecule has 1 aromatic heterocycles. The first-order valence-corrected chi connectivity index (χ1v) is 14.6. The number of nitrogens with zero attached hydrogens (tertiary/aromatic N) is 4. The molecule has 210 valence electrons. The Morgan fingerprint density at radius 3 is 2.40 bits per heavy atom. The first-order valence-electron chi connectivity index (χ1n) is 14.6. The molecule has 0 radical (unpaired) electrons. The van der Waals surface area contributed by atoms with Crippen LogP contribution in [0.1, 0.15) is 56.6 Å². The van der Waals surface area contributed by atoms with Gasteiger partial charge in [-0.15, -0.1) is 0 Å². The van der Waals surface area contributed by atoms with Crippen LogP contribution < -0.4 is 11.3 Å². The quantitative estimate of drug-likeness (QED) is 0.515. The number of urea groups is 1. The molecule has 1 aliphatic carbocycles. The predicted molar refractivity (Wildman–Crippen MR) is 154 cm³/mol. The maximum absolute atomic E-state index is 14.0. The first-order chi connectivity index (χ1) is 19.4. The zero-order valence-corrected chi connectivity index (χ0v) is 23.0. The van der Waals surface area contributed by atoms with Crippen LogP contribution in [0.2, 0.25) is 0 Å². The molecule has 6 rings (SSSR count). The lowest BCUT2D eigenvalue weighted by molar-refractivity contribution is -0.137. The number of piperidine rings is 2. The smallest absolute Gasteiger partial charge is 0.320 e. The lowest BCUT2D eigenvalue weighted by Crippen LogP contribution is -2.64. The van der Waals surface area contributed by atoms with Gasteiger partial charge in [-0.3, -0.25) is 9.36 Å². The van der Waals surface area contributed by atoms with Gasteiger partial charge in [0.25, 0.3) is 5.56 Å². The maximum atomic E-state index is 14.0. The summed E-state index contributed by atoms with van der Waals surface area (Å²) in [5, 5.41) is 12.2. The van der Waals surface area contributed by atoms with Gasteiger partial charge in [-0.1, -0.05) is 73.5 Å². The van der Waals surface area contributed by atoms with Crippen LogP contribution in [0.25, 0.3) is 11.3 Å². The first kappa shape index (κ1) is 26.7. The summed E-state index contributed by atoms with van der Waals surface area (Å²) in [6, 6.07) is 21.4. The molecule has 3 fully saturated rings. The third kappa shape index (κ3) is 4.95. The van der Waals surface area contributed by atoms with Crippen molar-refractivity contribution in [3.8, 4) is 11.3 Å². The van der Waals surface area contributed by atoms with Crippen LogP contribution in [0.4, 0.5) is 4.79 Å². The number of likely N-dealkylation sites (tertiary alicyclic amines) is 2. The molecule has 8 nitrogen and oxygen atoms in total. The van der Waals surface area contributed by atoms with Crippen LogP contribution in [0.5, 0.6) is 0 Å². The summed E-state index contributed by atoms with van der Waals surface area (Å²) in [7, 11) is 0. The molecule has 3 atom stereocenters. The van der Waals surface area contributed by atoms with Gasteiger partial charge in [-0.2, -0.15) is 0 Å². The van der Waals surface area contributed by atoms with Crippen LogP contribution in [0.3, 0.4) is 0 Å². The Kier molecular flexibility index (Phi) is 7.23. The van der Waals surface area contributed by atoms with Crippen LogP contribution in [-0.4, -0.2) is 61.8 Å². The average molecular weight is 542 g/mol. The van der Waals surface area contributed by atoms with Crippen LogP contribution in [0.15, 0.2) is 77.9 Å². The zero-order valence-electron chi connectivity index (χ0n) is 23.0. The molecular formula is C32H39N5O3. The Morgan fingerprint density at radius 2 is 1.70 bits per heavy atom. The number of amides is 2. The van der Waals surface area contributed by atoms with E-state index in [2.05, 4.69) is 17.1 Å². The van der Waals surface area contributed by atoms with Crippen LogP contribution in [-0.2, 0) is 6.54 Å². The van der Waals surface area contributed by atoms with Gasteiger partial charge < -0.3 is 20.6 Å². The minimum absolute atomic E-state index is 0.0279. The Hall–Kier alpha value is -3.49. The van der Waals surface area contributed by atoms with E-state index in [1.54, 1.807) is 17.0 Å². The van der Waals surface area contributed by atoms with Crippen molar-refractivity contribution in [2.45, 2.75) is 69.2 Å². The van der Waals surface area contributed by atoms with Crippen molar-refractivity contribution >= 4 is 6.03 Å². The summed E-state index contributed by atoms with van der Waals surface area (Å²) >= 11 is 0. The average Bonchev–Trinajstić information content (AvgIpc) is 3.46. The highest BCUT2D eigenvalue weighted by Gasteiger charge is 2.56. The van der Waals surface area contributed by atoms with Crippen molar-refractivity contribution in [1.82, 2.24) is 19.4 Å². The van der Waals surface area contributed by atoms with E-state index < -0.39 is 11.0 Å². The van der Waals surface area contributed by atoms with E-state index in [1.165, 1.54) is 0 Å². The number of carbonyl (C=O) groups is 1. The fraction of sp³-hybridized carbons (Fsp3) is 0.469. The number of hydrogen-bond donors (Lipinski definition) is 2. The number of nitrogens with two attached hydrogens (primary N) is 1. The topological polar surface area (TPSA) is 105 Å². The number of carbonyl (C=O) groups excluding carboxylic acids is 1. The molecule has 0 unspecified atom stereocenters. The maximum Gasteiger partial charge on any atom is 0.320 e. The van der Waals surface area contributed by atoms with Gasteiger partial charge >= 0.3 is 6.03 Å². The molecule has 1 saturated carbocycles. The molecule has 3 N–H and O–H groups in total. The molecule has 2 amide bonds. The molecule has 8 heteroatoms. The van der Waals surface area contributed by atoms with Crippen molar-refractivity contribution in [3.63, 3.8) is 0 Å². The summed E-state index contributed by atoms with van der Waals surface area (Å²) in [4.78, 5) is 35.7. The van der Waals surface area contributed by atoms with E-state index in [-0.39, 0.29) is 30.2 Å². The van der Waals surface area contributed by atoms with Crippen molar-refractivity contribution in [1.29, 1.82) is 0 Å². The molecule has 2 aliphatic heterocycles. The fourth-order valence-corrected chi connectivity index (χ4v) is 7.25. The van der Waals surface area contributed by atoms with Gasteiger partial charge in [0.1, 0.15) is 0 Å². The Labute approximate surface area is 235 Å². The molecular weight excluding hydrogens is 502 g/mol. The predicted octanol–water partition coefficient (Wildman–Crippen LogP) is 4.19. The highest BCUT2D eigenvalue weighted by Crippen LogP contribution is 2.52. The molecule has 40 heavy (non-hydrogen) atoms. The van der Waals surface area contributed by atoms with Gasteiger partial charge in [-0.25, -0.2) is 9.78 Å². The standard InChI is InChI=1S/C32H39N5O3/c33-26-13-17-37(28(19-26)25-11-5-2-6-12-25)30(39)35-18-16-32(40,31(21-35)14-7-8-15-31)22-36-23-34-27(20-29(36)38)24-9-3-1-4-10-24/h1-6,9-12,20,23,26,28,40H,7-8,13-19,21-22,33H2/t26-,28+,32-/m1/s1. The number of aromatic nitrogens is 2. The highest BCUT2D eigenvalue weighted by molar-refractivity contribution is 5.75. The molecule has 3 aromatic rings. The van der Waals surface area contributed by atoms with E-state index in [4.69, 9.17) is 5.73 Å². The summed E-state index contributed by atoms with van der Waals surface area (Å²) in [6.07, 6.45) is 7.21. The summed E-state index contributed by atoms with van der Waals surface area (Å²) in [5.74, 6) is 0. The van der Waals surface area contributed by atoms with Crippen LogP contribution in [0, 0.1) is 5.41 Å². The number of hydrogen-bond acceptors (Lipinski definition) is 5. The van der Waals surface area contributed by atoms with Gasteiger partial charge in [-0.05, 0) is 37.7 Å².